The van der Waals surface area contributed by atoms with Gasteiger partial charge in [0.1, 0.15) is 18.5 Å². The molecule has 2 aromatic carbocycles. The molecule has 0 spiro atoms. The number of rotatable bonds is 12. The van der Waals surface area contributed by atoms with Gasteiger partial charge >= 0.3 is 5.97 Å². The van der Waals surface area contributed by atoms with E-state index in [1.807, 2.05) is 30.3 Å². The van der Waals surface area contributed by atoms with Gasteiger partial charge in [0, 0.05) is 29.4 Å². The number of nitrogen functional groups attached to an aromatic ring is 2. The van der Waals surface area contributed by atoms with Gasteiger partial charge in [-0.15, -0.1) is 0 Å². The molecular formula is C46H64N2O4. The fourth-order valence-corrected chi connectivity index (χ4v) is 11.2. The van der Waals surface area contributed by atoms with Gasteiger partial charge < -0.3 is 26.0 Å². The highest BCUT2D eigenvalue weighted by atomic mass is 16.5. The van der Waals surface area contributed by atoms with E-state index in [1.54, 1.807) is 12.1 Å². The molecule has 9 atom stereocenters. The summed E-state index contributed by atoms with van der Waals surface area (Å²) in [5, 5.41) is 10.0. The number of hydrogen-bond donors (Lipinski definition) is 3. The first kappa shape index (κ1) is 38.2. The van der Waals surface area contributed by atoms with E-state index < -0.39 is 0 Å². The van der Waals surface area contributed by atoms with E-state index in [0.29, 0.717) is 45.9 Å². The maximum atomic E-state index is 13.0. The summed E-state index contributed by atoms with van der Waals surface area (Å²) in [4.78, 5) is 13.0. The molecule has 6 rings (SSSR count). The Labute approximate surface area is 313 Å². The van der Waals surface area contributed by atoms with Crippen LogP contribution in [0.15, 0.2) is 66.3 Å². The van der Waals surface area contributed by atoms with E-state index in [4.69, 9.17) is 20.9 Å². The summed E-state index contributed by atoms with van der Waals surface area (Å²) in [5.74, 6) is 5.36. The molecule has 0 aromatic heterocycles. The summed E-state index contributed by atoms with van der Waals surface area (Å²) in [6.45, 7) is 14.8. The number of fused-ring (bicyclic) bond motifs is 5. The smallest absolute Gasteiger partial charge is 0.331 e. The summed E-state index contributed by atoms with van der Waals surface area (Å²) in [6.07, 6.45) is 21.5. The van der Waals surface area contributed by atoms with Gasteiger partial charge in [0.2, 0.25) is 0 Å². The fraction of sp³-hybridized carbons (Fsp3) is 0.587. The molecule has 52 heavy (non-hydrogen) atoms. The van der Waals surface area contributed by atoms with Crippen LogP contribution in [0.25, 0.3) is 6.08 Å². The maximum Gasteiger partial charge on any atom is 0.331 e. The number of anilines is 2. The van der Waals surface area contributed by atoms with Crippen molar-refractivity contribution in [2.75, 3.05) is 11.5 Å². The van der Waals surface area contributed by atoms with Crippen LogP contribution in [0.2, 0.25) is 0 Å². The molecule has 6 heteroatoms. The van der Waals surface area contributed by atoms with E-state index in [-0.39, 0.29) is 30.7 Å². The molecule has 2 aromatic rings. The van der Waals surface area contributed by atoms with E-state index in [2.05, 4.69) is 59.8 Å². The Morgan fingerprint density at radius 1 is 0.981 bits per heavy atom. The summed E-state index contributed by atoms with van der Waals surface area (Å²) in [5.41, 5.74) is 17.4. The van der Waals surface area contributed by atoms with Crippen LogP contribution in [0.5, 0.6) is 5.75 Å². The average molecular weight is 709 g/mol. The standard InChI is InChI=1S/C46H64N2O4/c1-7-33(29(2)3)11-8-30(4)40-14-15-41-39-13-12-35-25-38(18-20-45(35,5)42(39)19-21-46(40,41)6)52-44(50)17-10-31-9-16-43(34(22-31)27-49)51-28-32-23-36(47)26-37(48)24-32/h8-12,16-17,22-24,26,29-30,33,38-42,49H,7,13-15,18-21,25,27-28,47-48H2,1-6H3/b11-8+,17-10+. The fourth-order valence-electron chi connectivity index (χ4n) is 11.2. The first-order chi connectivity index (χ1) is 24.8. The minimum atomic E-state index is -0.319. The van der Waals surface area contributed by atoms with Crippen molar-refractivity contribution in [1.29, 1.82) is 0 Å². The van der Waals surface area contributed by atoms with Crippen LogP contribution in [0.1, 0.15) is 116 Å². The Balaban J connectivity index is 1.05. The van der Waals surface area contributed by atoms with Gasteiger partial charge in [-0.3, -0.25) is 0 Å². The van der Waals surface area contributed by atoms with Crippen LogP contribution in [0, 0.1) is 52.3 Å². The van der Waals surface area contributed by atoms with Gasteiger partial charge in [-0.05, 0) is 151 Å². The van der Waals surface area contributed by atoms with Gasteiger partial charge in [-0.2, -0.15) is 0 Å². The first-order valence-electron chi connectivity index (χ1n) is 20.1. The Morgan fingerprint density at radius 2 is 1.75 bits per heavy atom. The minimum absolute atomic E-state index is 0.0898. The quantitative estimate of drug-likeness (QED) is 0.0877. The van der Waals surface area contributed by atoms with Crippen molar-refractivity contribution < 1.29 is 19.4 Å². The van der Waals surface area contributed by atoms with Crippen LogP contribution in [-0.4, -0.2) is 17.2 Å². The molecule has 0 saturated heterocycles. The van der Waals surface area contributed by atoms with E-state index >= 15 is 0 Å². The second kappa shape index (κ2) is 15.8. The molecule has 0 heterocycles. The number of benzene rings is 2. The summed E-state index contributed by atoms with van der Waals surface area (Å²) < 4.78 is 12.0. The Bertz CT molecular complexity index is 1660. The third kappa shape index (κ3) is 7.88. The molecule has 3 saturated carbocycles. The zero-order valence-electron chi connectivity index (χ0n) is 32.6. The van der Waals surface area contributed by atoms with Crippen LogP contribution >= 0.6 is 0 Å². The molecular weight excluding hydrogens is 645 g/mol. The number of aliphatic hydroxyl groups is 1. The molecule has 9 unspecified atom stereocenters. The lowest BCUT2D eigenvalue weighted by molar-refractivity contribution is -0.145. The van der Waals surface area contributed by atoms with Crippen LogP contribution in [-0.2, 0) is 22.7 Å². The predicted octanol–water partition coefficient (Wildman–Crippen LogP) is 10.3. The molecule has 6 nitrogen and oxygen atoms in total. The normalized spacial score (nSPS) is 31.2. The van der Waals surface area contributed by atoms with Crippen LogP contribution < -0.4 is 16.2 Å². The number of allylic oxidation sites excluding steroid dienone is 3. The molecule has 0 radical (unpaired) electrons. The Kier molecular flexibility index (Phi) is 11.6. The monoisotopic (exact) mass is 708 g/mol. The van der Waals surface area contributed by atoms with Gasteiger partial charge in [-0.25, -0.2) is 4.79 Å². The van der Waals surface area contributed by atoms with Gasteiger partial charge in [0.05, 0.1) is 6.61 Å². The lowest BCUT2D eigenvalue weighted by Crippen LogP contribution is -2.51. The lowest BCUT2D eigenvalue weighted by atomic mass is 9.47. The van der Waals surface area contributed by atoms with Crippen molar-refractivity contribution >= 4 is 23.4 Å². The molecule has 282 valence electrons. The highest BCUT2D eigenvalue weighted by Gasteiger charge is 2.59. The van der Waals surface area contributed by atoms with E-state index in [9.17, 15) is 9.90 Å². The zero-order chi connectivity index (χ0) is 37.2. The lowest BCUT2D eigenvalue weighted by Gasteiger charge is -2.58. The van der Waals surface area contributed by atoms with Gasteiger partial charge in [0.25, 0.3) is 0 Å². The third-order valence-electron chi connectivity index (χ3n) is 14.1. The van der Waals surface area contributed by atoms with Crippen molar-refractivity contribution in [2.45, 2.75) is 119 Å². The van der Waals surface area contributed by atoms with Gasteiger partial charge in [-0.1, -0.05) is 71.4 Å². The predicted molar refractivity (Wildman–Crippen MR) is 213 cm³/mol. The topological polar surface area (TPSA) is 108 Å². The summed E-state index contributed by atoms with van der Waals surface area (Å²) in [6, 6.07) is 10.8. The number of aliphatic hydroxyl groups excluding tert-OH is 1. The maximum absolute atomic E-state index is 13.0. The number of esters is 1. The van der Waals surface area contributed by atoms with Gasteiger partial charge in [0.15, 0.2) is 0 Å². The highest BCUT2D eigenvalue weighted by Crippen LogP contribution is 2.67. The number of hydrogen-bond acceptors (Lipinski definition) is 6. The highest BCUT2D eigenvalue weighted by molar-refractivity contribution is 5.87. The number of nitrogens with two attached hydrogens (primary N) is 2. The molecule has 0 amide bonds. The minimum Gasteiger partial charge on any atom is -0.489 e. The van der Waals surface area contributed by atoms with Crippen molar-refractivity contribution in [3.8, 4) is 5.75 Å². The summed E-state index contributed by atoms with van der Waals surface area (Å²) in [7, 11) is 0. The SMILES string of the molecule is CCC(/C=C/C(C)C1CCC2C3CC=C4CC(OC(=O)/C=C/c5ccc(OCc6cc(N)cc(N)c6)c(CO)c5)CCC4(C)C3CCC12C)C(C)C. The van der Waals surface area contributed by atoms with E-state index in [0.717, 1.165) is 54.1 Å². The van der Waals surface area contributed by atoms with Crippen LogP contribution in [0.4, 0.5) is 11.4 Å². The largest absolute Gasteiger partial charge is 0.489 e. The first-order valence-corrected chi connectivity index (χ1v) is 20.1. The molecule has 0 aliphatic heterocycles. The molecule has 4 aliphatic rings. The third-order valence-corrected chi connectivity index (χ3v) is 14.1. The summed E-state index contributed by atoms with van der Waals surface area (Å²) >= 11 is 0. The number of carbonyl (C=O) groups is 1. The van der Waals surface area contributed by atoms with E-state index in [1.165, 1.54) is 50.2 Å². The zero-order valence-corrected chi connectivity index (χ0v) is 32.6. The second-order valence-corrected chi connectivity index (χ2v) is 17.5. The average Bonchev–Trinajstić information content (AvgIpc) is 3.47. The van der Waals surface area contributed by atoms with Crippen molar-refractivity contribution in [1.82, 2.24) is 0 Å². The molecule has 3 fully saturated rings. The molecule has 0 bridgehead atoms. The molecule has 5 N–H and O–H groups in total. The van der Waals surface area contributed by atoms with Crippen molar-refractivity contribution in [3.05, 3.63) is 83.0 Å². The second-order valence-electron chi connectivity index (χ2n) is 17.5. The number of carbonyl (C=O) groups excluding carboxylic acids is 1. The van der Waals surface area contributed by atoms with Crippen molar-refractivity contribution in [3.63, 3.8) is 0 Å². The van der Waals surface area contributed by atoms with Crippen molar-refractivity contribution in [2.24, 2.45) is 52.3 Å². The number of ether oxygens (including phenoxy) is 2. The van der Waals surface area contributed by atoms with Crippen LogP contribution in [0.3, 0.4) is 0 Å². The Morgan fingerprint density at radius 3 is 2.46 bits per heavy atom. The Hall–Kier alpha value is -3.51. The molecule has 4 aliphatic carbocycles.